The largest absolute Gasteiger partial charge is 0.489 e. The highest BCUT2D eigenvalue weighted by molar-refractivity contribution is 6.32. The van der Waals surface area contributed by atoms with Crippen molar-refractivity contribution in [2.24, 2.45) is 11.8 Å². The topological polar surface area (TPSA) is 99.5 Å². The molecule has 2 aromatic carbocycles. The molecule has 0 spiro atoms. The number of rotatable bonds is 13. The van der Waals surface area contributed by atoms with Crippen LogP contribution in [0.1, 0.15) is 66.6 Å². The smallest absolute Gasteiger partial charge is 0.141 e. The molecule has 2 aliphatic heterocycles. The van der Waals surface area contributed by atoms with Gasteiger partial charge in [0.2, 0.25) is 0 Å². The second kappa shape index (κ2) is 16.9. The zero-order valence-electron chi connectivity index (χ0n) is 30.3. The molecule has 7 rings (SSSR count). The SMILES string of the molecule is CC1C(c2ccccc2Cl)=CC=CC1(COc1cc(OCc2cncc(C#N)c2)c(CN2CCCC2c2ccn[nH]2)cc1Cl)OCC1CCCN(C)C1. The van der Waals surface area contributed by atoms with Crippen molar-refractivity contribution >= 4 is 28.8 Å². The number of aromatic amines is 1. The van der Waals surface area contributed by atoms with E-state index in [4.69, 9.17) is 37.4 Å². The van der Waals surface area contributed by atoms with Gasteiger partial charge in [0.15, 0.2) is 0 Å². The fraction of sp³-hybridized carbons (Fsp3) is 0.405. The Balaban J connectivity index is 1.17. The Kier molecular flexibility index (Phi) is 11.8. The lowest BCUT2D eigenvalue weighted by Gasteiger charge is -2.41. The fourth-order valence-corrected chi connectivity index (χ4v) is 8.40. The molecule has 4 heterocycles. The maximum atomic E-state index is 9.44. The number of piperidine rings is 1. The molecular formula is C42H46Cl2N6O3. The molecule has 276 valence electrons. The van der Waals surface area contributed by atoms with Gasteiger partial charge in [-0.05, 0) is 93.2 Å². The monoisotopic (exact) mass is 752 g/mol. The molecule has 3 aliphatic rings. The summed E-state index contributed by atoms with van der Waals surface area (Å²) in [5, 5.41) is 18.0. The summed E-state index contributed by atoms with van der Waals surface area (Å²) in [5.74, 6) is 1.52. The summed E-state index contributed by atoms with van der Waals surface area (Å²) in [6.45, 7) is 6.94. The number of aromatic nitrogens is 3. The number of nitriles is 1. The predicted octanol–water partition coefficient (Wildman–Crippen LogP) is 8.66. The first kappa shape index (κ1) is 37.2. The van der Waals surface area contributed by atoms with Gasteiger partial charge in [-0.3, -0.25) is 15.0 Å². The molecule has 11 heteroatoms. The zero-order valence-corrected chi connectivity index (χ0v) is 31.8. The third kappa shape index (κ3) is 8.64. The summed E-state index contributed by atoms with van der Waals surface area (Å²) in [4.78, 5) is 9.03. The average Bonchev–Trinajstić information content (AvgIpc) is 3.87. The fourth-order valence-electron chi connectivity index (χ4n) is 7.92. The summed E-state index contributed by atoms with van der Waals surface area (Å²) in [7, 11) is 2.18. The van der Waals surface area contributed by atoms with Crippen molar-refractivity contribution in [2.45, 2.75) is 57.4 Å². The minimum Gasteiger partial charge on any atom is -0.489 e. The van der Waals surface area contributed by atoms with E-state index in [9.17, 15) is 5.26 Å². The van der Waals surface area contributed by atoms with Crippen LogP contribution in [0.15, 0.2) is 85.3 Å². The van der Waals surface area contributed by atoms with Crippen LogP contribution in [0.5, 0.6) is 11.5 Å². The molecule has 2 fully saturated rings. The summed E-state index contributed by atoms with van der Waals surface area (Å²) >= 11 is 13.8. The van der Waals surface area contributed by atoms with E-state index in [2.05, 4.69) is 69.3 Å². The van der Waals surface area contributed by atoms with Gasteiger partial charge in [0.1, 0.15) is 36.4 Å². The lowest BCUT2D eigenvalue weighted by Crippen LogP contribution is -2.47. The minimum atomic E-state index is -0.779. The lowest BCUT2D eigenvalue weighted by atomic mass is 9.77. The molecule has 0 bridgehead atoms. The van der Waals surface area contributed by atoms with Crippen molar-refractivity contribution < 1.29 is 14.2 Å². The average molecular weight is 754 g/mol. The van der Waals surface area contributed by atoms with Gasteiger partial charge in [0.25, 0.3) is 0 Å². The lowest BCUT2D eigenvalue weighted by molar-refractivity contribution is -0.0788. The molecular weight excluding hydrogens is 707 g/mol. The number of pyridine rings is 1. The van der Waals surface area contributed by atoms with Gasteiger partial charge in [-0.1, -0.05) is 60.5 Å². The van der Waals surface area contributed by atoms with Crippen LogP contribution in [0.4, 0.5) is 0 Å². The van der Waals surface area contributed by atoms with Crippen LogP contribution in [0, 0.1) is 23.2 Å². The molecule has 1 N–H and O–H groups in total. The van der Waals surface area contributed by atoms with E-state index in [1.54, 1.807) is 24.7 Å². The standard InChI is InChI=1S/C42H46Cl2N6O3/c1-29-34(35-9-3-4-11-36(35)43)10-5-14-42(29,53-27-30-8-6-16-49(2)24-30)28-52-41-20-40(51-26-32-18-31(21-45)22-46-23-32)33(19-37(41)44)25-50-17-7-12-39(50)38-13-15-47-48-38/h3-5,9-11,13-15,18-20,22-23,29-30,39H,6-8,12,16-17,24-28H2,1-2H3,(H,47,48). The number of hydrogen-bond donors (Lipinski definition) is 1. The molecule has 4 aromatic rings. The maximum absolute atomic E-state index is 9.44. The van der Waals surface area contributed by atoms with E-state index in [-0.39, 0.29) is 25.2 Å². The van der Waals surface area contributed by atoms with Gasteiger partial charge in [-0.15, -0.1) is 0 Å². The van der Waals surface area contributed by atoms with E-state index < -0.39 is 5.60 Å². The molecule has 2 saturated heterocycles. The number of halogens is 2. The second-order valence-electron chi connectivity index (χ2n) is 14.5. The highest BCUT2D eigenvalue weighted by Crippen LogP contribution is 2.43. The summed E-state index contributed by atoms with van der Waals surface area (Å²) < 4.78 is 20.2. The number of nitrogens with one attached hydrogen (secondary N) is 1. The molecule has 0 amide bonds. The predicted molar refractivity (Wildman–Crippen MR) is 208 cm³/mol. The zero-order chi connectivity index (χ0) is 36.8. The van der Waals surface area contributed by atoms with E-state index in [0.29, 0.717) is 46.2 Å². The number of nitrogens with zero attached hydrogens (tertiary/aromatic N) is 5. The van der Waals surface area contributed by atoms with Crippen molar-refractivity contribution in [3.8, 4) is 17.6 Å². The van der Waals surface area contributed by atoms with Crippen LogP contribution < -0.4 is 9.47 Å². The molecule has 4 atom stereocenters. The van der Waals surface area contributed by atoms with Crippen LogP contribution in [-0.2, 0) is 17.9 Å². The highest BCUT2D eigenvalue weighted by atomic mass is 35.5. The van der Waals surface area contributed by atoms with Gasteiger partial charge in [0.05, 0.1) is 28.9 Å². The number of benzene rings is 2. The first-order chi connectivity index (χ1) is 25.8. The Hall–Kier alpha value is -4.17. The highest BCUT2D eigenvalue weighted by Gasteiger charge is 2.41. The van der Waals surface area contributed by atoms with Crippen LogP contribution in [0.25, 0.3) is 5.57 Å². The summed E-state index contributed by atoms with van der Waals surface area (Å²) in [5.41, 5.74) is 4.62. The van der Waals surface area contributed by atoms with Crippen LogP contribution in [0.3, 0.4) is 0 Å². The Labute approximate surface area is 322 Å². The molecule has 4 unspecified atom stereocenters. The van der Waals surface area contributed by atoms with Crippen LogP contribution >= 0.6 is 23.2 Å². The van der Waals surface area contributed by atoms with E-state index in [0.717, 1.165) is 73.3 Å². The van der Waals surface area contributed by atoms with Gasteiger partial charge in [0, 0.05) is 59.8 Å². The number of hydrogen-bond acceptors (Lipinski definition) is 8. The molecule has 1 aliphatic carbocycles. The van der Waals surface area contributed by atoms with E-state index in [1.807, 2.05) is 36.4 Å². The van der Waals surface area contributed by atoms with E-state index in [1.165, 1.54) is 0 Å². The minimum absolute atomic E-state index is 0.0722. The Morgan fingerprint density at radius 2 is 1.89 bits per heavy atom. The van der Waals surface area contributed by atoms with Gasteiger partial charge < -0.3 is 19.1 Å². The molecule has 0 saturated carbocycles. The third-order valence-electron chi connectivity index (χ3n) is 10.9. The van der Waals surface area contributed by atoms with Gasteiger partial charge in [-0.25, -0.2) is 0 Å². The van der Waals surface area contributed by atoms with Crippen LogP contribution in [-0.4, -0.2) is 70.5 Å². The van der Waals surface area contributed by atoms with Crippen molar-refractivity contribution in [2.75, 3.05) is 39.9 Å². The van der Waals surface area contributed by atoms with Crippen molar-refractivity contribution in [1.82, 2.24) is 25.0 Å². The quantitative estimate of drug-likeness (QED) is 0.145. The molecule has 9 nitrogen and oxygen atoms in total. The van der Waals surface area contributed by atoms with Crippen molar-refractivity contribution in [3.05, 3.63) is 123 Å². The number of allylic oxidation sites excluding steroid dienone is 2. The number of H-pyrrole nitrogens is 1. The Morgan fingerprint density at radius 3 is 2.70 bits per heavy atom. The summed E-state index contributed by atoms with van der Waals surface area (Å²) in [6.07, 6.45) is 15.8. The second-order valence-corrected chi connectivity index (χ2v) is 15.3. The van der Waals surface area contributed by atoms with Gasteiger partial charge in [-0.2, -0.15) is 10.4 Å². The first-order valence-corrected chi connectivity index (χ1v) is 19.2. The van der Waals surface area contributed by atoms with Crippen molar-refractivity contribution in [1.29, 1.82) is 5.26 Å². The maximum Gasteiger partial charge on any atom is 0.141 e. The number of ether oxygens (including phenoxy) is 3. The van der Waals surface area contributed by atoms with Crippen molar-refractivity contribution in [3.63, 3.8) is 0 Å². The first-order valence-electron chi connectivity index (χ1n) is 18.4. The number of likely N-dealkylation sites (tertiary alicyclic amines) is 2. The van der Waals surface area contributed by atoms with Gasteiger partial charge >= 0.3 is 0 Å². The third-order valence-corrected chi connectivity index (χ3v) is 11.5. The normalized spacial score (nSPS) is 23.5. The molecule has 0 radical (unpaired) electrons. The Bertz CT molecular complexity index is 1980. The van der Waals surface area contributed by atoms with Crippen LogP contribution in [0.2, 0.25) is 10.0 Å². The van der Waals surface area contributed by atoms with E-state index >= 15 is 0 Å². The molecule has 2 aromatic heterocycles. The molecule has 53 heavy (non-hydrogen) atoms. The summed E-state index contributed by atoms with van der Waals surface area (Å²) in [6, 6.07) is 18.0. The Morgan fingerprint density at radius 1 is 1.02 bits per heavy atom.